The normalized spacial score (nSPS) is 11.4. The predicted molar refractivity (Wildman–Crippen MR) is 208 cm³/mol. The molecule has 0 aliphatic rings. The van der Waals surface area contributed by atoms with Crippen molar-refractivity contribution < 1.29 is 51.3 Å². The van der Waals surface area contributed by atoms with Gasteiger partial charge < -0.3 is 23.8 Å². The van der Waals surface area contributed by atoms with Crippen molar-refractivity contribution in [3.8, 4) is 17.2 Å². The second-order valence-corrected chi connectivity index (χ2v) is 14.4. The maximum absolute atomic E-state index is 13.7. The molecule has 1 amide bonds. The highest BCUT2D eigenvalue weighted by Gasteiger charge is 2.34. The van der Waals surface area contributed by atoms with Crippen LogP contribution in [0.2, 0.25) is 0 Å². The minimum absolute atomic E-state index is 0.0415. The minimum Gasteiger partial charge on any atom is -0.497 e. The Kier molecular flexibility index (Phi) is 15.8. The zero-order valence-corrected chi connectivity index (χ0v) is 32.9. The Hall–Kier alpha value is -5.72. The molecule has 0 saturated carbocycles. The number of aryl methyl sites for hydroxylation is 1. The van der Waals surface area contributed by atoms with Gasteiger partial charge in [-0.3, -0.25) is 19.4 Å². The van der Waals surface area contributed by atoms with Crippen molar-refractivity contribution in [3.63, 3.8) is 0 Å². The molecule has 304 valence electrons. The molecule has 0 saturated heterocycles. The summed E-state index contributed by atoms with van der Waals surface area (Å²) in [5.41, 5.74) is -0.669. The molecule has 0 bridgehead atoms. The molecule has 13 heteroatoms. The zero-order valence-electron chi connectivity index (χ0n) is 32.9. The maximum atomic E-state index is 13.7. The predicted octanol–water partition coefficient (Wildman–Crippen LogP) is 9.48. The van der Waals surface area contributed by atoms with Gasteiger partial charge in [0.25, 0.3) is 5.91 Å². The summed E-state index contributed by atoms with van der Waals surface area (Å²) in [5.74, 6) is -1.34. The van der Waals surface area contributed by atoms with E-state index in [4.69, 9.17) is 18.9 Å². The van der Waals surface area contributed by atoms with Gasteiger partial charge in [-0.25, -0.2) is 4.79 Å². The van der Waals surface area contributed by atoms with Gasteiger partial charge in [-0.2, -0.15) is 13.2 Å². The summed E-state index contributed by atoms with van der Waals surface area (Å²) in [5, 5.41) is 0. The number of ketones is 1. The first-order valence-corrected chi connectivity index (χ1v) is 18.8. The Morgan fingerprint density at radius 1 is 0.754 bits per heavy atom. The fourth-order valence-electron chi connectivity index (χ4n) is 5.78. The third-order valence-corrected chi connectivity index (χ3v) is 8.69. The van der Waals surface area contributed by atoms with E-state index in [2.05, 4.69) is 11.9 Å². The molecule has 4 aromatic rings. The highest BCUT2D eigenvalue weighted by Crippen LogP contribution is 2.35. The number of amides is 1. The van der Waals surface area contributed by atoms with Gasteiger partial charge in [-0.1, -0.05) is 50.8 Å². The Balaban J connectivity index is 1.39. The van der Waals surface area contributed by atoms with E-state index in [-0.39, 0.29) is 47.6 Å². The molecule has 0 aliphatic carbocycles. The van der Waals surface area contributed by atoms with Crippen LogP contribution in [0.15, 0.2) is 85.1 Å². The Labute approximate surface area is 331 Å². The SMILES string of the molecule is CCCCCCCOc1ccc(C(=O)Oc2ccc(CN(CC(=O)OC(C)(C)C)C(=O)c3ccc(C(=O)CCc4ccc(OC)cc4C(F)(F)F)cc3)nc2)cc1. The van der Waals surface area contributed by atoms with Gasteiger partial charge in [0.05, 0.1) is 43.3 Å². The number of rotatable bonds is 19. The summed E-state index contributed by atoms with van der Waals surface area (Å²) in [7, 11) is 1.27. The molecule has 0 spiro atoms. The number of esters is 2. The van der Waals surface area contributed by atoms with Gasteiger partial charge >= 0.3 is 18.1 Å². The van der Waals surface area contributed by atoms with Crippen LogP contribution in [0.1, 0.15) is 114 Å². The number of hydrogen-bond donors (Lipinski definition) is 0. The summed E-state index contributed by atoms with van der Waals surface area (Å²) in [6.45, 7) is 7.34. The summed E-state index contributed by atoms with van der Waals surface area (Å²) >= 11 is 0. The van der Waals surface area contributed by atoms with Crippen LogP contribution in [-0.2, 0) is 28.7 Å². The monoisotopic (exact) mass is 790 g/mol. The molecule has 3 aromatic carbocycles. The van der Waals surface area contributed by atoms with Gasteiger partial charge in [-0.15, -0.1) is 0 Å². The quantitative estimate of drug-likeness (QED) is 0.0520. The number of nitrogens with zero attached hydrogens (tertiary/aromatic N) is 2. The Morgan fingerprint density at radius 2 is 1.39 bits per heavy atom. The lowest BCUT2D eigenvalue weighted by atomic mass is 9.98. The van der Waals surface area contributed by atoms with Crippen molar-refractivity contribution in [2.75, 3.05) is 20.3 Å². The van der Waals surface area contributed by atoms with E-state index in [9.17, 15) is 32.3 Å². The average Bonchev–Trinajstić information content (AvgIpc) is 3.17. The molecule has 0 N–H and O–H groups in total. The van der Waals surface area contributed by atoms with Crippen molar-refractivity contribution >= 4 is 23.6 Å². The number of aromatic nitrogens is 1. The van der Waals surface area contributed by atoms with E-state index in [1.807, 2.05) is 0 Å². The molecule has 57 heavy (non-hydrogen) atoms. The van der Waals surface area contributed by atoms with Gasteiger partial charge in [0.1, 0.15) is 29.4 Å². The molecule has 0 fully saturated rings. The lowest BCUT2D eigenvalue weighted by Crippen LogP contribution is -2.38. The molecule has 1 aromatic heterocycles. The molecular formula is C44H49F3N2O8. The third kappa shape index (κ3) is 14.1. The van der Waals surface area contributed by atoms with E-state index >= 15 is 0 Å². The van der Waals surface area contributed by atoms with E-state index in [0.29, 0.717) is 23.6 Å². The van der Waals surface area contributed by atoms with E-state index in [1.54, 1.807) is 51.1 Å². The second kappa shape index (κ2) is 20.4. The Morgan fingerprint density at radius 3 is 2.00 bits per heavy atom. The standard InChI is InChI=1S/C44H49F3N2O8/c1-6-7-8-9-10-25-55-35-20-16-33(17-21-35)42(53)56-37-23-19-34(48-27-37)28-49(29-40(51)57-43(2,3)4)41(52)32-13-11-31(12-14-32)39(50)24-18-30-15-22-36(54-5)26-38(30)44(45,46)47/h11-17,19-23,26-27H,6-10,18,24-25,28-29H2,1-5H3. The highest BCUT2D eigenvalue weighted by molar-refractivity contribution is 5.99. The summed E-state index contributed by atoms with van der Waals surface area (Å²) in [4.78, 5) is 58.0. The van der Waals surface area contributed by atoms with E-state index < -0.39 is 47.5 Å². The van der Waals surface area contributed by atoms with Crippen molar-refractivity contribution in [2.24, 2.45) is 0 Å². The number of alkyl halides is 3. The number of ether oxygens (including phenoxy) is 4. The smallest absolute Gasteiger partial charge is 0.416 e. The summed E-state index contributed by atoms with van der Waals surface area (Å²) < 4.78 is 62.6. The van der Waals surface area contributed by atoms with Crippen LogP contribution >= 0.6 is 0 Å². The number of benzene rings is 3. The molecule has 0 aliphatic heterocycles. The largest absolute Gasteiger partial charge is 0.497 e. The van der Waals surface area contributed by atoms with Crippen LogP contribution in [0.3, 0.4) is 0 Å². The fourth-order valence-corrected chi connectivity index (χ4v) is 5.78. The minimum atomic E-state index is -4.62. The molecule has 10 nitrogen and oxygen atoms in total. The maximum Gasteiger partial charge on any atom is 0.416 e. The number of methoxy groups -OCH3 is 1. The number of hydrogen-bond acceptors (Lipinski definition) is 9. The number of halogens is 3. The zero-order chi connectivity index (χ0) is 41.6. The summed E-state index contributed by atoms with van der Waals surface area (Å²) in [6, 6.07) is 19.0. The third-order valence-electron chi connectivity index (χ3n) is 8.69. The van der Waals surface area contributed by atoms with Gasteiger partial charge in [-0.05, 0) is 99.8 Å². The van der Waals surface area contributed by atoms with Crippen molar-refractivity contribution in [1.82, 2.24) is 9.88 Å². The van der Waals surface area contributed by atoms with Crippen LogP contribution in [0.25, 0.3) is 0 Å². The number of carbonyl (C=O) groups is 4. The summed E-state index contributed by atoms with van der Waals surface area (Å²) in [6.07, 6.45) is 1.99. The van der Waals surface area contributed by atoms with Crippen LogP contribution < -0.4 is 14.2 Å². The number of Topliss-reactive ketones (excluding diaryl/α,β-unsaturated/α-hetero) is 1. The van der Waals surface area contributed by atoms with Crippen LogP contribution in [0.5, 0.6) is 17.2 Å². The first-order chi connectivity index (χ1) is 27.1. The molecule has 0 atom stereocenters. The molecule has 0 unspecified atom stereocenters. The average molecular weight is 791 g/mol. The Bertz CT molecular complexity index is 1960. The van der Waals surface area contributed by atoms with Crippen LogP contribution in [0, 0.1) is 0 Å². The van der Waals surface area contributed by atoms with Crippen LogP contribution in [-0.4, -0.2) is 59.4 Å². The fraction of sp³-hybridized carbons (Fsp3) is 0.386. The molecule has 1 heterocycles. The number of carbonyl (C=O) groups excluding carboxylic acids is 4. The molecule has 0 radical (unpaired) electrons. The number of pyridine rings is 1. The molecule has 4 rings (SSSR count). The lowest BCUT2D eigenvalue weighted by molar-refractivity contribution is -0.155. The van der Waals surface area contributed by atoms with Gasteiger partial charge in [0.2, 0.25) is 0 Å². The van der Waals surface area contributed by atoms with Gasteiger partial charge in [0, 0.05) is 17.5 Å². The van der Waals surface area contributed by atoms with E-state index in [1.165, 1.54) is 79.9 Å². The molecular weight excluding hydrogens is 741 g/mol. The second-order valence-electron chi connectivity index (χ2n) is 14.4. The van der Waals surface area contributed by atoms with Crippen molar-refractivity contribution in [1.29, 1.82) is 0 Å². The van der Waals surface area contributed by atoms with Crippen molar-refractivity contribution in [2.45, 2.75) is 91.0 Å². The lowest BCUT2D eigenvalue weighted by Gasteiger charge is -2.25. The first-order valence-electron chi connectivity index (χ1n) is 18.8. The van der Waals surface area contributed by atoms with E-state index in [0.717, 1.165) is 18.9 Å². The first kappa shape index (κ1) is 44.0. The topological polar surface area (TPSA) is 121 Å². The van der Waals surface area contributed by atoms with Crippen molar-refractivity contribution in [3.05, 3.63) is 119 Å². The van der Waals surface area contributed by atoms with Gasteiger partial charge in [0.15, 0.2) is 5.78 Å². The van der Waals surface area contributed by atoms with Crippen LogP contribution in [0.4, 0.5) is 13.2 Å². The highest BCUT2D eigenvalue weighted by atomic mass is 19.4. The number of unbranched alkanes of at least 4 members (excludes halogenated alkanes) is 4.